The molecule has 0 atom stereocenters. The van der Waals surface area contributed by atoms with Crippen LogP contribution in [-0.2, 0) is 11.3 Å². The van der Waals surface area contributed by atoms with E-state index in [1.807, 2.05) is 0 Å². The van der Waals surface area contributed by atoms with Crippen LogP contribution in [0.15, 0.2) is 30.6 Å². The number of benzene rings is 1. The third-order valence-corrected chi connectivity index (χ3v) is 2.66. The molecule has 0 saturated heterocycles. The van der Waals surface area contributed by atoms with Crippen LogP contribution >= 0.6 is 0 Å². The summed E-state index contributed by atoms with van der Waals surface area (Å²) in [5, 5.41) is 19.0. The molecule has 0 saturated carbocycles. The van der Waals surface area contributed by atoms with Crippen LogP contribution in [0.25, 0.3) is 11.4 Å². The van der Waals surface area contributed by atoms with Crippen LogP contribution in [0.4, 0.5) is 10.5 Å². The van der Waals surface area contributed by atoms with E-state index >= 15 is 0 Å². The number of nitrogens with zero attached hydrogens (tertiary/aromatic N) is 4. The van der Waals surface area contributed by atoms with Gasteiger partial charge in [0.25, 0.3) is 5.69 Å². The van der Waals surface area contributed by atoms with Crippen molar-refractivity contribution in [1.82, 2.24) is 25.4 Å². The third kappa shape index (κ3) is 3.62. The molecule has 2 aromatic rings. The molecule has 3 amide bonds. The fourth-order valence-corrected chi connectivity index (χ4v) is 1.61. The Balaban J connectivity index is 2.06. The van der Waals surface area contributed by atoms with Gasteiger partial charge in [0, 0.05) is 24.7 Å². The van der Waals surface area contributed by atoms with E-state index in [1.54, 1.807) is 0 Å². The summed E-state index contributed by atoms with van der Waals surface area (Å²) < 4.78 is 1.26. The lowest BCUT2D eigenvalue weighted by atomic mass is 10.2. The Labute approximate surface area is 124 Å². The zero-order valence-electron chi connectivity index (χ0n) is 11.5. The number of carbonyl (C=O) groups excluding carboxylic acids is 2. The van der Waals surface area contributed by atoms with Crippen molar-refractivity contribution >= 4 is 17.6 Å². The van der Waals surface area contributed by atoms with E-state index in [0.29, 0.717) is 11.4 Å². The molecule has 114 valence electrons. The van der Waals surface area contributed by atoms with Crippen LogP contribution in [0, 0.1) is 10.1 Å². The molecule has 2 rings (SSSR count). The van der Waals surface area contributed by atoms with Gasteiger partial charge in [0.05, 0.1) is 4.92 Å². The van der Waals surface area contributed by atoms with Crippen LogP contribution in [0.5, 0.6) is 0 Å². The summed E-state index contributed by atoms with van der Waals surface area (Å²) in [6.45, 7) is -0.173. The average Bonchev–Trinajstić information content (AvgIpc) is 2.95. The summed E-state index contributed by atoms with van der Waals surface area (Å²) in [6, 6.07) is 5.11. The second-order valence-electron chi connectivity index (χ2n) is 4.20. The molecule has 0 aliphatic rings. The summed E-state index contributed by atoms with van der Waals surface area (Å²) in [6.07, 6.45) is 1.33. The first kappa shape index (κ1) is 15.1. The predicted molar refractivity (Wildman–Crippen MR) is 74.7 cm³/mol. The van der Waals surface area contributed by atoms with Gasteiger partial charge < -0.3 is 5.32 Å². The molecule has 0 aliphatic heterocycles. The highest BCUT2D eigenvalue weighted by Crippen LogP contribution is 2.18. The summed E-state index contributed by atoms with van der Waals surface area (Å²) in [7, 11) is 1.39. The van der Waals surface area contributed by atoms with Gasteiger partial charge in [-0.2, -0.15) is 5.10 Å². The summed E-state index contributed by atoms with van der Waals surface area (Å²) >= 11 is 0. The van der Waals surface area contributed by atoms with E-state index < -0.39 is 16.9 Å². The Hall–Kier alpha value is -3.30. The van der Waals surface area contributed by atoms with Crippen molar-refractivity contribution in [3.63, 3.8) is 0 Å². The molecule has 10 heteroatoms. The molecule has 0 unspecified atom stereocenters. The van der Waals surface area contributed by atoms with Crippen molar-refractivity contribution in [2.45, 2.75) is 6.54 Å². The number of non-ortho nitro benzene ring substituents is 1. The number of carbonyl (C=O) groups is 2. The molecule has 22 heavy (non-hydrogen) atoms. The van der Waals surface area contributed by atoms with Gasteiger partial charge in [-0.25, -0.2) is 14.5 Å². The van der Waals surface area contributed by atoms with E-state index in [1.165, 1.54) is 42.3 Å². The third-order valence-electron chi connectivity index (χ3n) is 2.66. The van der Waals surface area contributed by atoms with E-state index in [9.17, 15) is 19.7 Å². The van der Waals surface area contributed by atoms with Crippen LogP contribution in [-0.4, -0.2) is 38.7 Å². The van der Waals surface area contributed by atoms with E-state index in [-0.39, 0.29) is 12.2 Å². The summed E-state index contributed by atoms with van der Waals surface area (Å²) in [5.41, 5.74) is 0.546. The minimum Gasteiger partial charge on any atom is -0.341 e. The first-order chi connectivity index (χ1) is 10.5. The summed E-state index contributed by atoms with van der Waals surface area (Å²) in [5.74, 6) is -0.220. The van der Waals surface area contributed by atoms with Gasteiger partial charge in [-0.3, -0.25) is 20.2 Å². The Morgan fingerprint density at radius 3 is 2.59 bits per heavy atom. The normalized spacial score (nSPS) is 10.0. The van der Waals surface area contributed by atoms with Crippen LogP contribution in [0.1, 0.15) is 0 Å². The Bertz CT molecular complexity index is 709. The zero-order valence-corrected chi connectivity index (χ0v) is 11.5. The first-order valence-corrected chi connectivity index (χ1v) is 6.15. The number of nitrogens with one attached hydrogen (secondary N) is 2. The molecule has 1 aromatic heterocycles. The first-order valence-electron chi connectivity index (χ1n) is 6.15. The number of hydrogen-bond acceptors (Lipinski definition) is 6. The van der Waals surface area contributed by atoms with Gasteiger partial charge in [-0.1, -0.05) is 0 Å². The SMILES string of the molecule is CNC(=O)NC(=O)Cn1cnc(-c2ccc([N+](=O)[O-])cc2)n1. The zero-order chi connectivity index (χ0) is 16.1. The van der Waals surface area contributed by atoms with Crippen molar-refractivity contribution in [1.29, 1.82) is 0 Å². The molecular weight excluding hydrogens is 292 g/mol. The smallest absolute Gasteiger partial charge is 0.321 e. The fraction of sp³-hybridized carbons (Fsp3) is 0.167. The van der Waals surface area contributed by atoms with Gasteiger partial charge >= 0.3 is 6.03 Å². The summed E-state index contributed by atoms with van der Waals surface area (Å²) in [4.78, 5) is 36.6. The maximum atomic E-state index is 11.5. The van der Waals surface area contributed by atoms with Crippen molar-refractivity contribution < 1.29 is 14.5 Å². The number of nitro benzene ring substituents is 1. The Kier molecular flexibility index (Phi) is 4.41. The lowest BCUT2D eigenvalue weighted by Crippen LogP contribution is -2.39. The lowest BCUT2D eigenvalue weighted by molar-refractivity contribution is -0.384. The molecule has 2 N–H and O–H groups in total. The van der Waals surface area contributed by atoms with Gasteiger partial charge in [-0.05, 0) is 12.1 Å². The maximum absolute atomic E-state index is 11.5. The molecule has 1 heterocycles. The van der Waals surface area contributed by atoms with Crippen LogP contribution < -0.4 is 10.6 Å². The number of urea groups is 1. The molecule has 0 aliphatic carbocycles. The molecule has 0 spiro atoms. The highest BCUT2D eigenvalue weighted by atomic mass is 16.6. The number of amides is 3. The topological polar surface area (TPSA) is 132 Å². The number of rotatable bonds is 4. The van der Waals surface area contributed by atoms with E-state index in [0.717, 1.165) is 0 Å². The fourth-order valence-electron chi connectivity index (χ4n) is 1.61. The van der Waals surface area contributed by atoms with Crippen molar-refractivity contribution in [2.24, 2.45) is 0 Å². The van der Waals surface area contributed by atoms with Gasteiger partial charge in [0.2, 0.25) is 5.91 Å². The second kappa shape index (κ2) is 6.43. The number of nitro groups is 1. The Morgan fingerprint density at radius 1 is 1.32 bits per heavy atom. The lowest BCUT2D eigenvalue weighted by Gasteiger charge is -2.02. The van der Waals surface area contributed by atoms with E-state index in [4.69, 9.17) is 0 Å². The largest absolute Gasteiger partial charge is 0.341 e. The minimum absolute atomic E-state index is 0.0341. The standard InChI is InChI=1S/C12H12N6O4/c1-13-12(20)15-10(19)6-17-7-14-11(16-17)8-2-4-9(5-3-8)18(21)22/h2-5,7H,6H2,1H3,(H2,13,15,19,20). The predicted octanol–water partition coefficient (Wildman–Crippen LogP) is 0.309. The molecule has 0 radical (unpaired) electrons. The maximum Gasteiger partial charge on any atom is 0.321 e. The Morgan fingerprint density at radius 2 is 2.00 bits per heavy atom. The quantitative estimate of drug-likeness (QED) is 0.617. The molecule has 1 aromatic carbocycles. The van der Waals surface area contributed by atoms with Gasteiger partial charge in [-0.15, -0.1) is 0 Å². The minimum atomic E-state index is -0.610. The molecular formula is C12H12N6O4. The van der Waals surface area contributed by atoms with E-state index in [2.05, 4.69) is 20.7 Å². The number of hydrogen-bond donors (Lipinski definition) is 2. The number of imide groups is 1. The monoisotopic (exact) mass is 304 g/mol. The number of aromatic nitrogens is 3. The average molecular weight is 304 g/mol. The van der Waals surface area contributed by atoms with Crippen LogP contribution in [0.2, 0.25) is 0 Å². The van der Waals surface area contributed by atoms with Crippen molar-refractivity contribution in [2.75, 3.05) is 7.05 Å². The molecule has 0 fully saturated rings. The highest BCUT2D eigenvalue weighted by molar-refractivity contribution is 5.93. The van der Waals surface area contributed by atoms with Crippen molar-refractivity contribution in [3.8, 4) is 11.4 Å². The molecule has 0 bridgehead atoms. The second-order valence-corrected chi connectivity index (χ2v) is 4.20. The molecule has 10 nitrogen and oxygen atoms in total. The van der Waals surface area contributed by atoms with Crippen LogP contribution in [0.3, 0.4) is 0 Å². The van der Waals surface area contributed by atoms with Crippen molar-refractivity contribution in [3.05, 3.63) is 40.7 Å². The van der Waals surface area contributed by atoms with Gasteiger partial charge in [0.15, 0.2) is 5.82 Å². The van der Waals surface area contributed by atoms with Gasteiger partial charge in [0.1, 0.15) is 12.9 Å². The highest BCUT2D eigenvalue weighted by Gasteiger charge is 2.11.